The lowest BCUT2D eigenvalue weighted by Crippen LogP contribution is -2.15. The minimum absolute atomic E-state index is 0.188. The van der Waals surface area contributed by atoms with Crippen LogP contribution in [0.15, 0.2) is 24.5 Å². The number of nitrogens with zero attached hydrogens (tertiary/aromatic N) is 1. The van der Waals surface area contributed by atoms with Crippen LogP contribution in [0.2, 0.25) is 0 Å². The molecule has 1 heterocycles. The van der Waals surface area contributed by atoms with Crippen LogP contribution in [0.3, 0.4) is 0 Å². The summed E-state index contributed by atoms with van der Waals surface area (Å²) in [6, 6.07) is 3.29. The number of amides is 1. The van der Waals surface area contributed by atoms with Gasteiger partial charge in [0.05, 0.1) is 24.6 Å². The monoisotopic (exact) mass is 193 g/mol. The molecule has 0 saturated carbocycles. The van der Waals surface area contributed by atoms with E-state index in [9.17, 15) is 4.79 Å². The number of pyridine rings is 1. The quantitative estimate of drug-likeness (QED) is 0.654. The Hall–Kier alpha value is -2.04. The molecule has 0 radical (unpaired) electrons. The molecule has 0 unspecified atom stereocenters. The number of hydrogen-bond acceptors (Lipinski definition) is 4. The van der Waals surface area contributed by atoms with Crippen LogP contribution in [0, 0.1) is 0 Å². The highest BCUT2D eigenvalue weighted by Crippen LogP contribution is 2.13. The second-order valence-corrected chi connectivity index (χ2v) is 2.53. The largest absolute Gasteiger partial charge is 0.495 e. The van der Waals surface area contributed by atoms with E-state index in [2.05, 4.69) is 4.98 Å². The second kappa shape index (κ2) is 4.27. The Bertz CT molecular complexity index is 357. The molecule has 0 spiro atoms. The summed E-state index contributed by atoms with van der Waals surface area (Å²) in [6.07, 6.45) is 2.62. The van der Waals surface area contributed by atoms with Crippen molar-refractivity contribution < 1.29 is 9.53 Å². The maximum atomic E-state index is 10.9. The third-order valence-corrected chi connectivity index (χ3v) is 1.68. The van der Waals surface area contributed by atoms with E-state index in [1.807, 2.05) is 0 Å². The SMILES string of the molecule is COc1ccc(/C(=C\N)C(N)=O)nc1. The first-order chi connectivity index (χ1) is 6.69. The van der Waals surface area contributed by atoms with Crippen LogP contribution < -0.4 is 16.2 Å². The van der Waals surface area contributed by atoms with Crippen LogP contribution in [0.25, 0.3) is 5.57 Å². The number of methoxy groups -OCH3 is 1. The molecule has 74 valence electrons. The number of hydrogen-bond donors (Lipinski definition) is 2. The molecule has 0 aliphatic carbocycles. The van der Waals surface area contributed by atoms with E-state index < -0.39 is 5.91 Å². The zero-order valence-electron chi connectivity index (χ0n) is 7.73. The van der Waals surface area contributed by atoms with Gasteiger partial charge in [-0.1, -0.05) is 0 Å². The third kappa shape index (κ3) is 2.01. The van der Waals surface area contributed by atoms with Gasteiger partial charge < -0.3 is 16.2 Å². The molecule has 5 nitrogen and oxygen atoms in total. The standard InChI is InChI=1S/C9H11N3O2/c1-14-6-2-3-8(12-5-6)7(4-10)9(11)13/h2-5H,10H2,1H3,(H2,11,13)/b7-4+. The van der Waals surface area contributed by atoms with Crippen molar-refractivity contribution in [1.82, 2.24) is 4.98 Å². The van der Waals surface area contributed by atoms with E-state index in [0.717, 1.165) is 6.20 Å². The van der Waals surface area contributed by atoms with Crippen molar-refractivity contribution in [3.05, 3.63) is 30.2 Å². The highest BCUT2D eigenvalue weighted by atomic mass is 16.5. The molecule has 0 bridgehead atoms. The fourth-order valence-electron chi connectivity index (χ4n) is 0.954. The average Bonchev–Trinajstić information content (AvgIpc) is 2.19. The first-order valence-corrected chi connectivity index (χ1v) is 3.91. The summed E-state index contributed by atoms with van der Waals surface area (Å²) in [5.74, 6) is -0.000223. The molecule has 1 rings (SSSR count). The molecule has 0 atom stereocenters. The lowest BCUT2D eigenvalue weighted by molar-refractivity contribution is -0.112. The predicted molar refractivity (Wildman–Crippen MR) is 52.1 cm³/mol. The van der Waals surface area contributed by atoms with Crippen molar-refractivity contribution in [3.8, 4) is 5.75 Å². The van der Waals surface area contributed by atoms with Gasteiger partial charge in [0.1, 0.15) is 5.75 Å². The summed E-state index contributed by atoms with van der Waals surface area (Å²) in [4.78, 5) is 14.9. The number of aromatic nitrogens is 1. The molecular formula is C9H11N3O2. The molecule has 1 aromatic rings. The Kier molecular flexibility index (Phi) is 3.06. The van der Waals surface area contributed by atoms with Gasteiger partial charge >= 0.3 is 0 Å². The summed E-state index contributed by atoms with van der Waals surface area (Å²) in [7, 11) is 1.53. The Morgan fingerprint density at radius 3 is 2.64 bits per heavy atom. The average molecular weight is 193 g/mol. The van der Waals surface area contributed by atoms with Crippen LogP contribution in [0.1, 0.15) is 5.69 Å². The number of carbonyl (C=O) groups excluding carboxylic acids is 1. The molecular weight excluding hydrogens is 182 g/mol. The van der Waals surface area contributed by atoms with Crippen molar-refractivity contribution in [1.29, 1.82) is 0 Å². The molecule has 0 aromatic carbocycles. The lowest BCUT2D eigenvalue weighted by atomic mass is 10.2. The fourth-order valence-corrected chi connectivity index (χ4v) is 0.954. The number of primary amides is 1. The number of nitrogens with two attached hydrogens (primary N) is 2. The van der Waals surface area contributed by atoms with Gasteiger partial charge in [-0.05, 0) is 12.1 Å². The maximum Gasteiger partial charge on any atom is 0.252 e. The summed E-state index contributed by atoms with van der Waals surface area (Å²) in [6.45, 7) is 0. The number of rotatable bonds is 3. The van der Waals surface area contributed by atoms with Crippen molar-refractivity contribution in [2.45, 2.75) is 0 Å². The van der Waals surface area contributed by atoms with E-state index in [-0.39, 0.29) is 5.57 Å². The van der Waals surface area contributed by atoms with Crippen molar-refractivity contribution in [2.24, 2.45) is 11.5 Å². The zero-order chi connectivity index (χ0) is 10.6. The van der Waals surface area contributed by atoms with Crippen LogP contribution >= 0.6 is 0 Å². The fraction of sp³-hybridized carbons (Fsp3) is 0.111. The number of carbonyl (C=O) groups is 1. The molecule has 0 aliphatic rings. The second-order valence-electron chi connectivity index (χ2n) is 2.53. The van der Waals surface area contributed by atoms with E-state index >= 15 is 0 Å². The molecule has 4 N–H and O–H groups in total. The molecule has 14 heavy (non-hydrogen) atoms. The van der Waals surface area contributed by atoms with Crippen molar-refractivity contribution >= 4 is 11.5 Å². The first-order valence-electron chi connectivity index (χ1n) is 3.91. The van der Waals surface area contributed by atoms with Gasteiger partial charge in [0.2, 0.25) is 0 Å². The third-order valence-electron chi connectivity index (χ3n) is 1.68. The Morgan fingerprint density at radius 1 is 1.57 bits per heavy atom. The van der Waals surface area contributed by atoms with Crippen molar-refractivity contribution in [3.63, 3.8) is 0 Å². The van der Waals surface area contributed by atoms with Crippen molar-refractivity contribution in [2.75, 3.05) is 7.11 Å². The molecule has 1 amide bonds. The van der Waals surface area contributed by atoms with E-state index in [0.29, 0.717) is 11.4 Å². The zero-order valence-corrected chi connectivity index (χ0v) is 7.73. The molecule has 5 heteroatoms. The lowest BCUT2D eigenvalue weighted by Gasteiger charge is -2.02. The smallest absolute Gasteiger partial charge is 0.252 e. The van der Waals surface area contributed by atoms with Gasteiger partial charge in [0.15, 0.2) is 0 Å². The molecule has 0 saturated heterocycles. The first kappa shape index (κ1) is 10.0. The van der Waals surface area contributed by atoms with E-state index in [1.165, 1.54) is 13.3 Å². The van der Waals surface area contributed by atoms with Gasteiger partial charge in [0, 0.05) is 6.20 Å². The maximum absolute atomic E-state index is 10.9. The summed E-state index contributed by atoms with van der Waals surface area (Å²) >= 11 is 0. The summed E-state index contributed by atoms with van der Waals surface area (Å²) in [5.41, 5.74) is 11.0. The Morgan fingerprint density at radius 2 is 2.29 bits per heavy atom. The minimum atomic E-state index is -0.606. The number of ether oxygens (including phenoxy) is 1. The summed E-state index contributed by atoms with van der Waals surface area (Å²) in [5, 5.41) is 0. The Labute approximate surface area is 81.4 Å². The van der Waals surface area contributed by atoms with E-state index in [1.54, 1.807) is 12.1 Å². The highest BCUT2D eigenvalue weighted by molar-refractivity contribution is 6.17. The normalized spacial score (nSPS) is 11.1. The minimum Gasteiger partial charge on any atom is -0.495 e. The van der Waals surface area contributed by atoms with Crippen LogP contribution in [0.5, 0.6) is 5.75 Å². The van der Waals surface area contributed by atoms with Crippen LogP contribution in [0.4, 0.5) is 0 Å². The van der Waals surface area contributed by atoms with E-state index in [4.69, 9.17) is 16.2 Å². The van der Waals surface area contributed by atoms with Crippen LogP contribution in [-0.4, -0.2) is 18.0 Å². The van der Waals surface area contributed by atoms with Gasteiger partial charge in [0.25, 0.3) is 5.91 Å². The van der Waals surface area contributed by atoms with Crippen LogP contribution in [-0.2, 0) is 4.79 Å². The van der Waals surface area contributed by atoms with Gasteiger partial charge in [-0.25, -0.2) is 0 Å². The van der Waals surface area contributed by atoms with Gasteiger partial charge in [-0.2, -0.15) is 0 Å². The summed E-state index contributed by atoms with van der Waals surface area (Å²) < 4.78 is 4.91. The predicted octanol–water partition coefficient (Wildman–Crippen LogP) is -0.125. The molecule has 1 aromatic heterocycles. The molecule has 0 fully saturated rings. The van der Waals surface area contributed by atoms with Gasteiger partial charge in [-0.3, -0.25) is 9.78 Å². The van der Waals surface area contributed by atoms with Gasteiger partial charge in [-0.15, -0.1) is 0 Å². The topological polar surface area (TPSA) is 91.2 Å². The molecule has 0 aliphatic heterocycles. The Balaban J connectivity index is 3.02. The highest BCUT2D eigenvalue weighted by Gasteiger charge is 2.08.